The van der Waals surface area contributed by atoms with Crippen molar-refractivity contribution < 1.29 is 27.1 Å². The number of rotatable bonds is 1. The molecule has 1 aromatic carbocycles. The van der Waals surface area contributed by atoms with Gasteiger partial charge < -0.3 is 14.2 Å². The zero-order valence-electron chi connectivity index (χ0n) is 15.0. The predicted octanol–water partition coefficient (Wildman–Crippen LogP) is 3.44. The van der Waals surface area contributed by atoms with Crippen LogP contribution in [0.4, 0.5) is 17.6 Å². The highest BCUT2D eigenvalue weighted by atomic mass is 19.4. The van der Waals surface area contributed by atoms with E-state index >= 15 is 0 Å². The smallest absolute Gasteiger partial charge is 0.471 e. The van der Waals surface area contributed by atoms with E-state index in [1.165, 1.54) is 12.1 Å². The summed E-state index contributed by atoms with van der Waals surface area (Å²) >= 11 is 0. The van der Waals surface area contributed by atoms with E-state index in [2.05, 4.69) is 4.99 Å². The molecule has 0 saturated carbocycles. The number of carbonyl (C=O) groups is 1. The second-order valence-electron chi connectivity index (χ2n) is 6.84. The van der Waals surface area contributed by atoms with Gasteiger partial charge >= 0.3 is 12.1 Å². The summed E-state index contributed by atoms with van der Waals surface area (Å²) in [6.07, 6.45) is -2.99. The van der Waals surface area contributed by atoms with Crippen molar-refractivity contribution in [1.29, 1.82) is 0 Å². The minimum Gasteiger partial charge on any atom is -0.479 e. The highest BCUT2D eigenvalue weighted by Crippen LogP contribution is 2.46. The number of para-hydroxylation sites is 1. The van der Waals surface area contributed by atoms with Crippen molar-refractivity contribution in [3.63, 3.8) is 0 Å². The van der Waals surface area contributed by atoms with Crippen molar-refractivity contribution in [2.75, 3.05) is 20.1 Å². The molecular formula is C19H17F4N3O2. The Balaban J connectivity index is 1.75. The van der Waals surface area contributed by atoms with Gasteiger partial charge in [-0.05, 0) is 24.3 Å². The molecule has 5 nitrogen and oxygen atoms in total. The molecule has 0 N–H and O–H groups in total. The van der Waals surface area contributed by atoms with Crippen LogP contribution in [0.5, 0.6) is 5.75 Å². The molecule has 0 atom stereocenters. The van der Waals surface area contributed by atoms with Crippen molar-refractivity contribution in [3.05, 3.63) is 47.5 Å². The number of halogens is 4. The lowest BCUT2D eigenvalue weighted by atomic mass is 9.86. The number of hydrogen-bond donors (Lipinski definition) is 0. The minimum atomic E-state index is -4.90. The number of piperidine rings is 1. The third-order valence-corrected chi connectivity index (χ3v) is 5.22. The van der Waals surface area contributed by atoms with Crippen molar-refractivity contribution in [2.24, 2.45) is 4.99 Å². The van der Waals surface area contributed by atoms with Crippen LogP contribution in [0, 0.1) is 5.82 Å². The van der Waals surface area contributed by atoms with Gasteiger partial charge in [0.25, 0.3) is 0 Å². The number of fused-ring (bicyclic) bond motifs is 4. The first-order valence-electron chi connectivity index (χ1n) is 8.75. The number of likely N-dealkylation sites (tertiary alicyclic amines) is 1. The van der Waals surface area contributed by atoms with E-state index in [0.717, 1.165) is 4.90 Å². The van der Waals surface area contributed by atoms with Gasteiger partial charge in [-0.2, -0.15) is 13.2 Å². The monoisotopic (exact) mass is 395 g/mol. The van der Waals surface area contributed by atoms with Gasteiger partial charge in [0.2, 0.25) is 0 Å². The molecule has 1 fully saturated rings. The predicted molar refractivity (Wildman–Crippen MR) is 93.4 cm³/mol. The van der Waals surface area contributed by atoms with Gasteiger partial charge in [-0.3, -0.25) is 9.79 Å². The summed E-state index contributed by atoms with van der Waals surface area (Å²) in [5.41, 5.74) is 0.583. The number of benzene rings is 1. The highest BCUT2D eigenvalue weighted by Gasteiger charge is 2.49. The van der Waals surface area contributed by atoms with Gasteiger partial charge in [-0.1, -0.05) is 6.07 Å². The zero-order valence-corrected chi connectivity index (χ0v) is 15.0. The molecular weight excluding hydrogens is 378 g/mol. The first kappa shape index (κ1) is 18.5. The van der Waals surface area contributed by atoms with Gasteiger partial charge in [0.05, 0.1) is 11.4 Å². The maximum Gasteiger partial charge on any atom is 0.471 e. The van der Waals surface area contributed by atoms with Gasteiger partial charge in [0, 0.05) is 39.2 Å². The molecule has 1 amide bonds. The summed E-state index contributed by atoms with van der Waals surface area (Å²) in [5, 5.41) is 0. The fourth-order valence-electron chi connectivity index (χ4n) is 3.96. The highest BCUT2D eigenvalue weighted by molar-refractivity contribution is 5.82. The van der Waals surface area contributed by atoms with Crippen LogP contribution in [-0.4, -0.2) is 47.9 Å². The van der Waals surface area contributed by atoms with E-state index in [9.17, 15) is 22.4 Å². The minimum absolute atomic E-state index is 0.106. The molecule has 148 valence electrons. The van der Waals surface area contributed by atoms with Gasteiger partial charge in [0.1, 0.15) is 11.4 Å². The van der Waals surface area contributed by atoms with E-state index in [4.69, 9.17) is 4.74 Å². The number of hydrogen-bond acceptors (Lipinski definition) is 3. The Kier molecular flexibility index (Phi) is 4.20. The molecule has 1 saturated heterocycles. The Bertz CT molecular complexity index is 957. The van der Waals surface area contributed by atoms with Gasteiger partial charge in [0.15, 0.2) is 11.4 Å². The summed E-state index contributed by atoms with van der Waals surface area (Å²) in [7, 11) is 1.60. The molecule has 0 aliphatic carbocycles. The summed E-state index contributed by atoms with van der Waals surface area (Å²) in [4.78, 5) is 16.3. The number of amides is 1. The Morgan fingerprint density at radius 2 is 1.93 bits per heavy atom. The number of carbonyl (C=O) groups excluding carboxylic acids is 1. The fraction of sp³-hybridized carbons (Fsp3) is 0.368. The van der Waals surface area contributed by atoms with E-state index in [1.54, 1.807) is 36.0 Å². The summed E-state index contributed by atoms with van der Waals surface area (Å²) in [5.74, 6) is -2.01. The number of ether oxygens (including phenoxy) is 1. The van der Waals surface area contributed by atoms with Gasteiger partial charge in [-0.15, -0.1) is 0 Å². The number of alkyl halides is 3. The van der Waals surface area contributed by atoms with E-state index in [-0.39, 0.29) is 31.6 Å². The lowest BCUT2D eigenvalue weighted by Gasteiger charge is -2.45. The maximum absolute atomic E-state index is 14.6. The molecule has 2 aliphatic rings. The molecule has 0 radical (unpaired) electrons. The van der Waals surface area contributed by atoms with Crippen molar-refractivity contribution in [3.8, 4) is 11.4 Å². The molecule has 3 heterocycles. The second-order valence-corrected chi connectivity index (χ2v) is 6.84. The van der Waals surface area contributed by atoms with Crippen LogP contribution in [0.3, 0.4) is 0 Å². The van der Waals surface area contributed by atoms with Crippen LogP contribution in [0.1, 0.15) is 24.2 Å². The standard InChI is InChI=1S/C19H17F4N3O2/c1-24-11-12-5-6-15-18(7-9-25(10-8-18)17(27)19(21,22)23)28-14-4-2-3-13(20)16(14)26(12)15/h2-6,11H,7-10H2,1H3. The Morgan fingerprint density at radius 1 is 1.21 bits per heavy atom. The second kappa shape index (κ2) is 6.35. The first-order valence-corrected chi connectivity index (χ1v) is 8.75. The molecule has 0 bridgehead atoms. The van der Waals surface area contributed by atoms with Crippen molar-refractivity contribution >= 4 is 12.1 Å². The molecule has 1 aromatic heterocycles. The molecule has 1 spiro atoms. The van der Waals surface area contributed by atoms with Crippen LogP contribution in [0.25, 0.3) is 5.69 Å². The average Bonchev–Trinajstić information content (AvgIpc) is 3.06. The molecule has 2 aliphatic heterocycles. The van der Waals surface area contributed by atoms with E-state index in [1.807, 2.05) is 0 Å². The van der Waals surface area contributed by atoms with Crippen molar-refractivity contribution in [2.45, 2.75) is 24.6 Å². The van der Waals surface area contributed by atoms with Crippen LogP contribution in [-0.2, 0) is 10.4 Å². The van der Waals surface area contributed by atoms with Crippen LogP contribution in [0.15, 0.2) is 35.3 Å². The third-order valence-electron chi connectivity index (χ3n) is 5.22. The summed E-state index contributed by atoms with van der Waals surface area (Å²) < 4.78 is 60.7. The summed E-state index contributed by atoms with van der Waals surface area (Å²) in [6, 6.07) is 8.01. The number of nitrogens with zero attached hydrogens (tertiary/aromatic N) is 3. The molecule has 9 heteroatoms. The number of aromatic nitrogens is 1. The molecule has 2 aromatic rings. The Hall–Kier alpha value is -2.84. The van der Waals surface area contributed by atoms with Crippen LogP contribution >= 0.6 is 0 Å². The lowest BCUT2D eigenvalue weighted by Crippen LogP contribution is -2.52. The first-order chi connectivity index (χ1) is 13.3. The average molecular weight is 395 g/mol. The Labute approximate surface area is 158 Å². The van der Waals surface area contributed by atoms with Gasteiger partial charge in [-0.25, -0.2) is 4.39 Å². The zero-order chi connectivity index (χ0) is 20.1. The maximum atomic E-state index is 14.6. The largest absolute Gasteiger partial charge is 0.479 e. The molecule has 4 rings (SSSR count). The normalized spacial score (nSPS) is 18.1. The van der Waals surface area contributed by atoms with Crippen LogP contribution in [0.2, 0.25) is 0 Å². The van der Waals surface area contributed by atoms with Crippen LogP contribution < -0.4 is 4.74 Å². The fourth-order valence-corrected chi connectivity index (χ4v) is 3.96. The lowest BCUT2D eigenvalue weighted by molar-refractivity contribution is -0.188. The third kappa shape index (κ3) is 2.76. The molecule has 0 unspecified atom stereocenters. The number of aliphatic imine (C=N–C) groups is 1. The quantitative estimate of drug-likeness (QED) is 0.549. The van der Waals surface area contributed by atoms with E-state index < -0.39 is 23.5 Å². The SMILES string of the molecule is CN=Cc1ccc2n1-c1c(F)cccc1OC21CCN(C(=O)C(F)(F)F)CC1. The topological polar surface area (TPSA) is 46.8 Å². The van der Waals surface area contributed by atoms with Crippen molar-refractivity contribution in [1.82, 2.24) is 9.47 Å². The Morgan fingerprint density at radius 3 is 2.57 bits per heavy atom. The summed E-state index contributed by atoms with van der Waals surface area (Å²) in [6.45, 7) is -0.212. The molecule has 28 heavy (non-hydrogen) atoms. The van der Waals surface area contributed by atoms with E-state index in [0.29, 0.717) is 17.1 Å².